The molecule has 5 nitrogen and oxygen atoms in total. The summed E-state index contributed by atoms with van der Waals surface area (Å²) in [6, 6.07) is 0.583. The molecule has 1 rings (SSSR count). The molecule has 1 heterocycles. The van der Waals surface area contributed by atoms with Gasteiger partial charge in [-0.15, -0.1) is 35.3 Å². The Balaban J connectivity index is 0.00000441. The topological polar surface area (TPSA) is 52.5 Å². The highest BCUT2D eigenvalue weighted by molar-refractivity contribution is 14.0. The highest BCUT2D eigenvalue weighted by atomic mass is 127. The number of thiazole rings is 1. The third-order valence-electron chi connectivity index (χ3n) is 3.35. The van der Waals surface area contributed by atoms with Gasteiger partial charge in [0.25, 0.3) is 0 Å². The van der Waals surface area contributed by atoms with Gasteiger partial charge in [-0.05, 0) is 27.3 Å². The summed E-state index contributed by atoms with van der Waals surface area (Å²) in [7, 11) is 1.81. The first-order valence-electron chi connectivity index (χ1n) is 7.66. The first kappa shape index (κ1) is 21.6. The third kappa shape index (κ3) is 8.28. The Morgan fingerprint density at radius 3 is 2.55 bits per heavy atom. The molecule has 0 aliphatic rings. The van der Waals surface area contributed by atoms with Gasteiger partial charge >= 0.3 is 0 Å². The molecule has 22 heavy (non-hydrogen) atoms. The van der Waals surface area contributed by atoms with Crippen LogP contribution in [-0.2, 0) is 6.42 Å². The van der Waals surface area contributed by atoms with Crippen LogP contribution >= 0.6 is 35.3 Å². The van der Waals surface area contributed by atoms with Crippen LogP contribution in [0.1, 0.15) is 30.7 Å². The Labute approximate surface area is 156 Å². The predicted octanol–water partition coefficient (Wildman–Crippen LogP) is 2.51. The lowest BCUT2D eigenvalue weighted by Crippen LogP contribution is -2.43. The fraction of sp³-hybridized carbons (Fsp3) is 0.733. The summed E-state index contributed by atoms with van der Waals surface area (Å²) >= 11 is 1.76. The maximum atomic E-state index is 4.37. The van der Waals surface area contributed by atoms with Crippen LogP contribution in [0.15, 0.2) is 11.2 Å². The lowest BCUT2D eigenvalue weighted by Gasteiger charge is -2.25. The van der Waals surface area contributed by atoms with Crippen LogP contribution in [0.4, 0.5) is 0 Å². The van der Waals surface area contributed by atoms with Crippen LogP contribution in [0, 0.1) is 6.92 Å². The summed E-state index contributed by atoms with van der Waals surface area (Å²) in [5.41, 5.74) is 0. The molecule has 2 N–H and O–H groups in total. The van der Waals surface area contributed by atoms with Crippen LogP contribution in [0.25, 0.3) is 0 Å². The molecule has 0 saturated carbocycles. The monoisotopic (exact) mass is 439 g/mol. The average molecular weight is 439 g/mol. The van der Waals surface area contributed by atoms with Crippen molar-refractivity contribution in [1.82, 2.24) is 20.5 Å². The molecule has 1 aromatic heterocycles. The zero-order valence-electron chi connectivity index (χ0n) is 14.3. The summed E-state index contributed by atoms with van der Waals surface area (Å²) in [5.74, 6) is 0.864. The second-order valence-corrected chi connectivity index (χ2v) is 6.58. The second kappa shape index (κ2) is 12.1. The van der Waals surface area contributed by atoms with Crippen molar-refractivity contribution in [2.24, 2.45) is 4.99 Å². The van der Waals surface area contributed by atoms with Gasteiger partial charge in [0.15, 0.2) is 5.96 Å². The number of aryl methyl sites for hydroxylation is 1. The van der Waals surface area contributed by atoms with Crippen molar-refractivity contribution in [3.8, 4) is 0 Å². The molecule has 0 fully saturated rings. The Kier molecular flexibility index (Phi) is 11.8. The molecule has 0 spiro atoms. The fourth-order valence-electron chi connectivity index (χ4n) is 2.12. The number of hydrogen-bond donors (Lipinski definition) is 2. The molecule has 1 aromatic rings. The van der Waals surface area contributed by atoms with E-state index in [0.717, 1.165) is 38.6 Å². The van der Waals surface area contributed by atoms with E-state index < -0.39 is 0 Å². The molecule has 0 aliphatic heterocycles. The van der Waals surface area contributed by atoms with Crippen molar-refractivity contribution in [2.75, 3.05) is 33.2 Å². The van der Waals surface area contributed by atoms with Crippen LogP contribution in [0.2, 0.25) is 0 Å². The van der Waals surface area contributed by atoms with E-state index in [4.69, 9.17) is 0 Å². The normalized spacial score (nSPS) is 11.7. The van der Waals surface area contributed by atoms with Gasteiger partial charge in [-0.2, -0.15) is 0 Å². The van der Waals surface area contributed by atoms with Gasteiger partial charge in [-0.25, -0.2) is 4.98 Å². The van der Waals surface area contributed by atoms with Crippen LogP contribution in [0.5, 0.6) is 0 Å². The Hall–Kier alpha value is -0.410. The molecule has 128 valence electrons. The number of hydrogen-bond acceptors (Lipinski definition) is 4. The predicted molar refractivity (Wildman–Crippen MR) is 108 cm³/mol. The minimum absolute atomic E-state index is 0. The molecule has 0 aliphatic carbocycles. The van der Waals surface area contributed by atoms with E-state index >= 15 is 0 Å². The van der Waals surface area contributed by atoms with Crippen LogP contribution in [-0.4, -0.2) is 55.1 Å². The quantitative estimate of drug-likeness (QED) is 0.371. The van der Waals surface area contributed by atoms with Gasteiger partial charge < -0.3 is 10.6 Å². The lowest BCUT2D eigenvalue weighted by atomic mass is 10.3. The van der Waals surface area contributed by atoms with E-state index in [1.165, 1.54) is 9.88 Å². The number of nitrogens with one attached hydrogen (secondary N) is 2. The Bertz CT molecular complexity index is 433. The van der Waals surface area contributed by atoms with Crippen LogP contribution in [0.3, 0.4) is 0 Å². The zero-order valence-corrected chi connectivity index (χ0v) is 17.5. The first-order chi connectivity index (χ1) is 10.1. The lowest BCUT2D eigenvalue weighted by molar-refractivity contribution is 0.237. The van der Waals surface area contributed by atoms with Gasteiger partial charge in [-0.3, -0.25) is 9.89 Å². The SMILES string of the molecule is CCN(CCNC(=NC)NCCc1ncc(C)s1)C(C)C.I. The summed E-state index contributed by atoms with van der Waals surface area (Å²) in [6.07, 6.45) is 2.87. The second-order valence-electron chi connectivity index (χ2n) is 5.26. The highest BCUT2D eigenvalue weighted by Crippen LogP contribution is 2.10. The largest absolute Gasteiger partial charge is 0.356 e. The van der Waals surface area contributed by atoms with E-state index in [2.05, 4.69) is 53.2 Å². The summed E-state index contributed by atoms with van der Waals surface area (Å²) in [5, 5.41) is 7.87. The van der Waals surface area contributed by atoms with Crippen LogP contribution < -0.4 is 10.6 Å². The Morgan fingerprint density at radius 1 is 1.36 bits per heavy atom. The van der Waals surface area contributed by atoms with Crippen molar-refractivity contribution in [2.45, 2.75) is 40.2 Å². The number of halogens is 1. The number of guanidine groups is 1. The van der Waals surface area contributed by atoms with Crippen molar-refractivity contribution < 1.29 is 0 Å². The first-order valence-corrected chi connectivity index (χ1v) is 8.48. The van der Waals surface area contributed by atoms with E-state index in [0.29, 0.717) is 6.04 Å². The van der Waals surface area contributed by atoms with Crippen molar-refractivity contribution in [1.29, 1.82) is 0 Å². The molecular formula is C15H30IN5S. The zero-order chi connectivity index (χ0) is 15.7. The fourth-order valence-corrected chi connectivity index (χ4v) is 2.91. The number of likely N-dealkylation sites (N-methyl/N-ethyl adjacent to an activating group) is 1. The summed E-state index contributed by atoms with van der Waals surface area (Å²) in [4.78, 5) is 12.3. The molecule has 0 atom stereocenters. The van der Waals surface area contributed by atoms with E-state index in [-0.39, 0.29) is 24.0 Å². The Morgan fingerprint density at radius 2 is 2.05 bits per heavy atom. The molecule has 0 unspecified atom stereocenters. The van der Waals surface area contributed by atoms with Crippen molar-refractivity contribution in [3.63, 3.8) is 0 Å². The van der Waals surface area contributed by atoms with Gasteiger partial charge in [-0.1, -0.05) is 6.92 Å². The molecule has 0 amide bonds. The highest BCUT2D eigenvalue weighted by Gasteiger charge is 2.06. The van der Waals surface area contributed by atoms with Gasteiger partial charge in [0, 0.05) is 50.2 Å². The smallest absolute Gasteiger partial charge is 0.191 e. The summed E-state index contributed by atoms with van der Waals surface area (Å²) in [6.45, 7) is 12.6. The van der Waals surface area contributed by atoms with E-state index in [1.807, 2.05) is 13.2 Å². The number of aliphatic imine (C=N–C) groups is 1. The van der Waals surface area contributed by atoms with E-state index in [9.17, 15) is 0 Å². The third-order valence-corrected chi connectivity index (χ3v) is 4.32. The molecule has 7 heteroatoms. The molecule has 0 radical (unpaired) electrons. The van der Waals surface area contributed by atoms with Gasteiger partial charge in [0.05, 0.1) is 5.01 Å². The standard InChI is InChI=1S/C15H29N5S.HI/c1-6-20(12(2)3)10-9-18-15(16-5)17-8-7-14-19-11-13(4)21-14;/h11-12H,6-10H2,1-5H3,(H2,16,17,18);1H. The van der Waals surface area contributed by atoms with Gasteiger partial charge in [0.2, 0.25) is 0 Å². The minimum Gasteiger partial charge on any atom is -0.356 e. The number of nitrogens with zero attached hydrogens (tertiary/aromatic N) is 3. The maximum Gasteiger partial charge on any atom is 0.191 e. The van der Waals surface area contributed by atoms with Crippen molar-refractivity contribution in [3.05, 3.63) is 16.1 Å². The van der Waals surface area contributed by atoms with Crippen molar-refractivity contribution >= 4 is 41.3 Å². The number of rotatable bonds is 8. The molecule has 0 saturated heterocycles. The summed E-state index contributed by atoms with van der Waals surface area (Å²) < 4.78 is 0. The molecule has 0 aromatic carbocycles. The molecule has 0 bridgehead atoms. The van der Waals surface area contributed by atoms with E-state index in [1.54, 1.807) is 11.3 Å². The maximum absolute atomic E-state index is 4.37. The van der Waals surface area contributed by atoms with Gasteiger partial charge in [0.1, 0.15) is 0 Å². The average Bonchev–Trinajstić information content (AvgIpc) is 2.86. The molecular weight excluding hydrogens is 409 g/mol. The number of aromatic nitrogens is 1. The minimum atomic E-state index is 0.